The molecule has 3 aromatic rings. The Morgan fingerprint density at radius 1 is 1.17 bits per heavy atom. The van der Waals surface area contributed by atoms with E-state index in [-0.39, 0.29) is 24.9 Å². The number of halogens is 1. The molecule has 3 rings (SSSR count). The van der Waals surface area contributed by atoms with Crippen molar-refractivity contribution >= 4 is 40.1 Å². The Balaban J connectivity index is 0.00000208. The number of carbonyl (C=O) groups excluding carboxylic acids is 1. The van der Waals surface area contributed by atoms with Crippen LogP contribution in [0.2, 0.25) is 0 Å². The molecular weight excluding hydrogens is 324 g/mol. The summed E-state index contributed by atoms with van der Waals surface area (Å²) in [5.74, 6) is -0.295. The molecule has 0 radical (unpaired) electrons. The molecule has 0 spiro atoms. The Kier molecular flexibility index (Phi) is 5.42. The van der Waals surface area contributed by atoms with Crippen molar-refractivity contribution in [3.8, 4) is 0 Å². The molecule has 0 aliphatic carbocycles. The average Bonchev–Trinajstić information content (AvgIpc) is 2.60. The number of hydrogen-bond acceptors (Lipinski definition) is 4. The molecule has 1 heterocycles. The lowest BCUT2D eigenvalue weighted by molar-refractivity contribution is -0.149. The number of benzene rings is 2. The number of aromatic nitrogens is 1. The topological polar surface area (TPSA) is 65.2 Å². The van der Waals surface area contributed by atoms with E-state index in [9.17, 15) is 4.79 Å². The number of pyridine rings is 1. The van der Waals surface area contributed by atoms with Crippen LogP contribution in [-0.2, 0) is 14.9 Å². The van der Waals surface area contributed by atoms with Gasteiger partial charge in [-0.2, -0.15) is 0 Å². The number of hydrogen-bond donors (Lipinski definition) is 1. The molecular formula is C19H21ClN2O2. The third kappa shape index (κ3) is 2.83. The van der Waals surface area contributed by atoms with Crippen LogP contribution in [0.25, 0.3) is 21.7 Å². The highest BCUT2D eigenvalue weighted by molar-refractivity contribution is 6.07. The van der Waals surface area contributed by atoms with Gasteiger partial charge in [0.25, 0.3) is 0 Å². The molecule has 1 atom stereocenters. The number of nitrogens with zero attached hydrogens (tertiary/aromatic N) is 1. The Morgan fingerprint density at radius 3 is 2.67 bits per heavy atom. The number of carbonyl (C=O) groups is 1. The Morgan fingerprint density at radius 2 is 1.96 bits per heavy atom. The second-order valence-corrected chi connectivity index (χ2v) is 5.80. The van der Waals surface area contributed by atoms with E-state index in [0.29, 0.717) is 6.61 Å². The first-order valence-corrected chi connectivity index (χ1v) is 7.76. The zero-order chi connectivity index (χ0) is 16.4. The number of esters is 1. The quantitative estimate of drug-likeness (QED) is 0.580. The van der Waals surface area contributed by atoms with Crippen molar-refractivity contribution in [2.24, 2.45) is 5.73 Å². The molecule has 0 bridgehead atoms. The number of nitrogens with two attached hydrogens (primary N) is 1. The fraction of sp³-hybridized carbons (Fsp3) is 0.263. The first-order chi connectivity index (χ1) is 11.1. The average molecular weight is 345 g/mol. The van der Waals surface area contributed by atoms with Gasteiger partial charge in [0.05, 0.1) is 12.1 Å². The van der Waals surface area contributed by atoms with Crippen molar-refractivity contribution in [2.75, 3.05) is 13.2 Å². The van der Waals surface area contributed by atoms with Crippen LogP contribution in [0.3, 0.4) is 0 Å². The summed E-state index contributed by atoms with van der Waals surface area (Å²) < 4.78 is 5.25. The second-order valence-electron chi connectivity index (χ2n) is 5.80. The van der Waals surface area contributed by atoms with Crippen LogP contribution in [0, 0.1) is 0 Å². The van der Waals surface area contributed by atoms with Crippen molar-refractivity contribution in [3.63, 3.8) is 0 Å². The molecule has 5 heteroatoms. The van der Waals surface area contributed by atoms with Gasteiger partial charge in [-0.1, -0.05) is 36.4 Å². The van der Waals surface area contributed by atoms with E-state index in [1.807, 2.05) is 49.4 Å². The molecule has 2 aromatic carbocycles. The zero-order valence-electron chi connectivity index (χ0n) is 13.8. The lowest BCUT2D eigenvalue weighted by Crippen LogP contribution is -2.41. The Labute approximate surface area is 147 Å². The summed E-state index contributed by atoms with van der Waals surface area (Å²) >= 11 is 0. The molecule has 126 valence electrons. The van der Waals surface area contributed by atoms with E-state index in [1.54, 1.807) is 13.1 Å². The number of ether oxygens (including phenoxy) is 1. The molecule has 0 aliphatic rings. The normalized spacial score (nSPS) is 13.3. The van der Waals surface area contributed by atoms with E-state index < -0.39 is 5.41 Å². The van der Waals surface area contributed by atoms with Crippen molar-refractivity contribution in [1.82, 2.24) is 4.98 Å². The summed E-state index contributed by atoms with van der Waals surface area (Å²) in [5, 5.41) is 3.08. The maximum Gasteiger partial charge on any atom is 0.317 e. The van der Waals surface area contributed by atoms with Crippen LogP contribution in [0.5, 0.6) is 0 Å². The third-order valence-corrected chi connectivity index (χ3v) is 4.36. The van der Waals surface area contributed by atoms with Crippen molar-refractivity contribution in [2.45, 2.75) is 19.3 Å². The fourth-order valence-electron chi connectivity index (χ4n) is 2.98. The van der Waals surface area contributed by atoms with Crippen LogP contribution in [0.1, 0.15) is 19.4 Å². The van der Waals surface area contributed by atoms with Crippen molar-refractivity contribution in [3.05, 3.63) is 54.2 Å². The lowest BCUT2D eigenvalue weighted by atomic mass is 9.79. The first-order valence-electron chi connectivity index (χ1n) is 7.76. The minimum Gasteiger partial charge on any atom is -0.465 e. The predicted molar refractivity (Wildman–Crippen MR) is 99.5 cm³/mol. The van der Waals surface area contributed by atoms with Gasteiger partial charge in [0.2, 0.25) is 0 Å². The van der Waals surface area contributed by atoms with Gasteiger partial charge in [0.1, 0.15) is 5.41 Å². The molecule has 2 N–H and O–H groups in total. The maximum atomic E-state index is 12.5. The minimum absolute atomic E-state index is 0. The number of fused-ring (bicyclic) bond motifs is 3. The van der Waals surface area contributed by atoms with Crippen LogP contribution in [-0.4, -0.2) is 24.1 Å². The molecule has 24 heavy (non-hydrogen) atoms. The first kappa shape index (κ1) is 18.2. The zero-order valence-corrected chi connectivity index (χ0v) is 14.6. The Bertz CT molecular complexity index is 882. The molecule has 0 saturated heterocycles. The number of rotatable bonds is 4. The van der Waals surface area contributed by atoms with Gasteiger partial charge in [-0.05, 0) is 30.9 Å². The highest BCUT2D eigenvalue weighted by Crippen LogP contribution is 2.34. The largest absolute Gasteiger partial charge is 0.465 e. The molecule has 0 aliphatic heterocycles. The fourth-order valence-corrected chi connectivity index (χ4v) is 2.98. The van der Waals surface area contributed by atoms with Gasteiger partial charge in [0, 0.05) is 23.5 Å². The molecule has 0 fully saturated rings. The molecule has 1 aromatic heterocycles. The van der Waals surface area contributed by atoms with Crippen molar-refractivity contribution in [1.29, 1.82) is 0 Å². The smallest absolute Gasteiger partial charge is 0.317 e. The monoisotopic (exact) mass is 344 g/mol. The van der Waals surface area contributed by atoms with Gasteiger partial charge in [-0.25, -0.2) is 0 Å². The summed E-state index contributed by atoms with van der Waals surface area (Å²) in [6, 6.07) is 13.9. The SMILES string of the molecule is CCOC(=O)C(C)(CN)c1cccc2c1ccc1cccnc12.Cl. The van der Waals surface area contributed by atoms with Gasteiger partial charge in [-0.15, -0.1) is 12.4 Å². The third-order valence-electron chi connectivity index (χ3n) is 4.36. The van der Waals surface area contributed by atoms with Gasteiger partial charge in [-0.3, -0.25) is 9.78 Å². The molecule has 1 unspecified atom stereocenters. The van der Waals surface area contributed by atoms with E-state index in [4.69, 9.17) is 10.5 Å². The van der Waals surface area contributed by atoms with E-state index in [2.05, 4.69) is 4.98 Å². The summed E-state index contributed by atoms with van der Waals surface area (Å²) in [7, 11) is 0. The maximum absolute atomic E-state index is 12.5. The van der Waals surface area contributed by atoms with Gasteiger partial charge < -0.3 is 10.5 Å². The van der Waals surface area contributed by atoms with E-state index in [0.717, 1.165) is 27.2 Å². The lowest BCUT2D eigenvalue weighted by Gasteiger charge is -2.27. The predicted octanol–water partition coefficient (Wildman–Crippen LogP) is 3.59. The second kappa shape index (κ2) is 7.16. The molecule has 0 amide bonds. The minimum atomic E-state index is -0.877. The summed E-state index contributed by atoms with van der Waals surface area (Å²) in [6.07, 6.45) is 1.78. The molecule has 0 saturated carbocycles. The van der Waals surface area contributed by atoms with Crippen LogP contribution < -0.4 is 5.73 Å². The summed E-state index contributed by atoms with van der Waals surface area (Å²) in [4.78, 5) is 17.0. The van der Waals surface area contributed by atoms with Gasteiger partial charge >= 0.3 is 5.97 Å². The highest BCUT2D eigenvalue weighted by Gasteiger charge is 2.36. The standard InChI is InChI=1S/C19H20N2O2.ClH/c1-3-23-18(22)19(2,12-20)16-8-4-7-15-14(16)10-9-13-6-5-11-21-17(13)15;/h4-11H,3,12,20H2,1-2H3;1H. The van der Waals surface area contributed by atoms with Crippen LogP contribution >= 0.6 is 12.4 Å². The van der Waals surface area contributed by atoms with E-state index >= 15 is 0 Å². The van der Waals surface area contributed by atoms with E-state index in [1.165, 1.54) is 0 Å². The molecule has 4 nitrogen and oxygen atoms in total. The van der Waals surface area contributed by atoms with Gasteiger partial charge in [0.15, 0.2) is 0 Å². The summed E-state index contributed by atoms with van der Waals surface area (Å²) in [5.41, 5.74) is 6.88. The van der Waals surface area contributed by atoms with Crippen LogP contribution in [0.15, 0.2) is 48.7 Å². The summed E-state index contributed by atoms with van der Waals surface area (Å²) in [6.45, 7) is 4.16. The van der Waals surface area contributed by atoms with Crippen LogP contribution in [0.4, 0.5) is 0 Å². The van der Waals surface area contributed by atoms with Crippen molar-refractivity contribution < 1.29 is 9.53 Å². The Hall–Kier alpha value is -2.17. The highest BCUT2D eigenvalue weighted by atomic mass is 35.5.